The first-order valence-electron chi connectivity index (χ1n) is 11.5. The Labute approximate surface area is 198 Å². The Morgan fingerprint density at radius 1 is 1.12 bits per heavy atom. The van der Waals surface area contributed by atoms with E-state index >= 15 is 0 Å². The van der Waals surface area contributed by atoms with Gasteiger partial charge in [0.1, 0.15) is 5.75 Å². The first-order chi connectivity index (χ1) is 16.7. The van der Waals surface area contributed by atoms with Crippen molar-refractivity contribution in [3.05, 3.63) is 78.8 Å². The van der Waals surface area contributed by atoms with Crippen molar-refractivity contribution >= 4 is 28.2 Å². The van der Waals surface area contributed by atoms with E-state index in [-0.39, 0.29) is 12.5 Å². The Morgan fingerprint density at radius 3 is 3.00 bits per heavy atom. The highest BCUT2D eigenvalue weighted by atomic mass is 16.5. The number of likely N-dealkylation sites (tertiary alicyclic amines) is 1. The monoisotopic (exact) mass is 456 g/mol. The topological polar surface area (TPSA) is 95.2 Å². The number of anilines is 2. The van der Waals surface area contributed by atoms with Crippen molar-refractivity contribution in [2.75, 3.05) is 30.3 Å². The summed E-state index contributed by atoms with van der Waals surface area (Å²) in [5, 5.41) is 14.7. The molecule has 3 heterocycles. The molecular weight excluding hydrogens is 428 g/mol. The Morgan fingerprint density at radius 2 is 2.09 bits per heavy atom. The minimum Gasteiger partial charge on any atom is -0.484 e. The van der Waals surface area contributed by atoms with Crippen LogP contribution in [0.5, 0.6) is 5.75 Å². The first-order valence-corrected chi connectivity index (χ1v) is 11.5. The second kappa shape index (κ2) is 10.4. The number of benzene rings is 2. The molecule has 8 heteroatoms. The summed E-state index contributed by atoms with van der Waals surface area (Å²) in [5.74, 6) is 0.482. The maximum atomic E-state index is 12.1. The average molecular weight is 457 g/mol. The normalized spacial score (nSPS) is 16.3. The van der Waals surface area contributed by atoms with E-state index in [4.69, 9.17) is 4.74 Å². The molecule has 1 saturated heterocycles. The number of H-pyrrole nitrogens is 1. The van der Waals surface area contributed by atoms with Crippen molar-refractivity contribution in [1.29, 1.82) is 0 Å². The van der Waals surface area contributed by atoms with Crippen LogP contribution < -0.4 is 15.4 Å². The van der Waals surface area contributed by atoms with Crippen LogP contribution in [0.2, 0.25) is 0 Å². The summed E-state index contributed by atoms with van der Waals surface area (Å²) in [4.78, 5) is 18.6. The highest BCUT2D eigenvalue weighted by molar-refractivity contribution is 5.91. The summed E-state index contributed by atoms with van der Waals surface area (Å²) in [6.07, 6.45) is 7.42. The molecule has 4 aromatic rings. The number of rotatable bonds is 8. The number of piperidine rings is 1. The van der Waals surface area contributed by atoms with Crippen LogP contribution in [0.4, 0.5) is 11.4 Å². The lowest BCUT2D eigenvalue weighted by Gasteiger charge is -2.33. The van der Waals surface area contributed by atoms with Gasteiger partial charge in [0.2, 0.25) is 0 Å². The van der Waals surface area contributed by atoms with Crippen LogP contribution in [0.1, 0.15) is 18.4 Å². The number of amides is 1. The van der Waals surface area contributed by atoms with Gasteiger partial charge in [-0.05, 0) is 67.4 Å². The molecule has 0 saturated carbocycles. The van der Waals surface area contributed by atoms with E-state index in [0.29, 0.717) is 17.5 Å². The van der Waals surface area contributed by atoms with Crippen molar-refractivity contribution in [3.63, 3.8) is 0 Å². The number of nitrogens with zero attached hydrogens (tertiary/aromatic N) is 3. The van der Waals surface area contributed by atoms with Gasteiger partial charge in [-0.15, -0.1) is 0 Å². The highest BCUT2D eigenvalue weighted by Crippen LogP contribution is 2.22. The van der Waals surface area contributed by atoms with Crippen LogP contribution in [-0.4, -0.2) is 51.7 Å². The van der Waals surface area contributed by atoms with Crippen LogP contribution in [-0.2, 0) is 11.3 Å². The molecule has 5 rings (SSSR count). The molecule has 2 aromatic carbocycles. The Kier molecular flexibility index (Phi) is 6.67. The van der Waals surface area contributed by atoms with E-state index in [1.54, 1.807) is 24.5 Å². The molecule has 0 spiro atoms. The predicted octanol–water partition coefficient (Wildman–Crippen LogP) is 4.05. The molecule has 1 aliphatic heterocycles. The lowest BCUT2D eigenvalue weighted by atomic mass is 10.0. The van der Waals surface area contributed by atoms with Crippen LogP contribution in [0.25, 0.3) is 10.9 Å². The van der Waals surface area contributed by atoms with Gasteiger partial charge in [0.05, 0.1) is 23.6 Å². The molecule has 2 aromatic heterocycles. The quantitative estimate of drug-likeness (QED) is 0.370. The van der Waals surface area contributed by atoms with E-state index in [9.17, 15) is 4.79 Å². The van der Waals surface area contributed by atoms with Crippen LogP contribution in [0, 0.1) is 0 Å². The van der Waals surface area contributed by atoms with Crippen molar-refractivity contribution in [2.24, 2.45) is 0 Å². The molecule has 1 fully saturated rings. The fraction of sp³-hybridized carbons (Fsp3) is 0.269. The predicted molar refractivity (Wildman–Crippen MR) is 133 cm³/mol. The number of pyridine rings is 1. The zero-order chi connectivity index (χ0) is 23.2. The van der Waals surface area contributed by atoms with Gasteiger partial charge in [0.15, 0.2) is 6.61 Å². The lowest BCUT2D eigenvalue weighted by Crippen LogP contribution is -2.41. The standard InChI is InChI=1S/C26H28N6O2/c33-26(30-22-5-2-10-27-15-22)18-34-24-7-1-4-19(12-24)16-32-11-3-6-23(17-32)29-21-8-9-25-20(13-21)14-28-31-25/h1-2,4-5,7-10,12-15,23,29H,3,6,11,16-18H2,(H,28,31)(H,30,33). The second-order valence-corrected chi connectivity index (χ2v) is 8.62. The number of aromatic amines is 1. The number of fused-ring (bicyclic) bond motifs is 1. The zero-order valence-corrected chi connectivity index (χ0v) is 18.9. The van der Waals surface area contributed by atoms with E-state index in [1.807, 2.05) is 24.4 Å². The molecule has 174 valence electrons. The Bertz CT molecular complexity index is 1240. The number of carbonyl (C=O) groups is 1. The molecule has 0 bridgehead atoms. The molecule has 3 N–H and O–H groups in total. The average Bonchev–Trinajstić information content (AvgIpc) is 3.32. The van der Waals surface area contributed by atoms with Gasteiger partial charge < -0.3 is 15.4 Å². The summed E-state index contributed by atoms with van der Waals surface area (Å²) in [5.41, 5.74) is 4.00. The van der Waals surface area contributed by atoms with Crippen molar-refractivity contribution in [3.8, 4) is 5.75 Å². The largest absolute Gasteiger partial charge is 0.484 e. The van der Waals surface area contributed by atoms with Gasteiger partial charge in [-0.2, -0.15) is 5.10 Å². The molecule has 1 unspecified atom stereocenters. The summed E-state index contributed by atoms with van der Waals surface area (Å²) >= 11 is 0. The Hall–Kier alpha value is -3.91. The molecule has 0 radical (unpaired) electrons. The number of hydrogen-bond donors (Lipinski definition) is 3. The van der Waals surface area contributed by atoms with Crippen molar-refractivity contribution in [1.82, 2.24) is 20.1 Å². The smallest absolute Gasteiger partial charge is 0.262 e. The van der Waals surface area contributed by atoms with Gasteiger partial charge in [-0.3, -0.25) is 19.8 Å². The van der Waals surface area contributed by atoms with Gasteiger partial charge >= 0.3 is 0 Å². The molecule has 1 atom stereocenters. The molecule has 0 aliphatic carbocycles. The zero-order valence-electron chi connectivity index (χ0n) is 18.9. The van der Waals surface area contributed by atoms with Gasteiger partial charge in [0.25, 0.3) is 5.91 Å². The molecular formula is C26H28N6O2. The lowest BCUT2D eigenvalue weighted by molar-refractivity contribution is -0.118. The first kappa shape index (κ1) is 21.9. The molecule has 1 amide bonds. The van der Waals surface area contributed by atoms with Crippen LogP contribution in [0.15, 0.2) is 73.2 Å². The van der Waals surface area contributed by atoms with Crippen LogP contribution >= 0.6 is 0 Å². The van der Waals surface area contributed by atoms with Crippen molar-refractivity contribution < 1.29 is 9.53 Å². The van der Waals surface area contributed by atoms with Crippen LogP contribution in [0.3, 0.4) is 0 Å². The minimum absolute atomic E-state index is 0.0466. The third-order valence-electron chi connectivity index (χ3n) is 5.94. The molecule has 8 nitrogen and oxygen atoms in total. The fourth-order valence-electron chi connectivity index (χ4n) is 4.36. The Balaban J connectivity index is 1.13. The third kappa shape index (κ3) is 5.71. The van der Waals surface area contributed by atoms with Crippen molar-refractivity contribution in [2.45, 2.75) is 25.4 Å². The number of ether oxygens (including phenoxy) is 1. The van der Waals surface area contributed by atoms with E-state index < -0.39 is 0 Å². The SMILES string of the molecule is O=C(COc1cccc(CN2CCCC(Nc3ccc4[nH]ncc4c3)C2)c1)Nc1cccnc1. The number of carbonyl (C=O) groups excluding carboxylic acids is 1. The fourth-order valence-corrected chi connectivity index (χ4v) is 4.36. The number of aromatic nitrogens is 3. The maximum absolute atomic E-state index is 12.1. The number of nitrogens with one attached hydrogen (secondary N) is 3. The molecule has 1 aliphatic rings. The maximum Gasteiger partial charge on any atom is 0.262 e. The van der Waals surface area contributed by atoms with E-state index in [1.165, 1.54) is 5.56 Å². The summed E-state index contributed by atoms with van der Waals surface area (Å²) in [7, 11) is 0. The molecule has 34 heavy (non-hydrogen) atoms. The van der Waals surface area contributed by atoms with E-state index in [0.717, 1.165) is 49.1 Å². The summed E-state index contributed by atoms with van der Waals surface area (Å²) < 4.78 is 5.73. The van der Waals surface area contributed by atoms with Gasteiger partial charge in [-0.1, -0.05) is 12.1 Å². The van der Waals surface area contributed by atoms with Gasteiger partial charge in [0, 0.05) is 36.4 Å². The number of hydrogen-bond acceptors (Lipinski definition) is 6. The third-order valence-corrected chi connectivity index (χ3v) is 5.94. The van der Waals surface area contributed by atoms with E-state index in [2.05, 4.69) is 55.0 Å². The summed E-state index contributed by atoms with van der Waals surface area (Å²) in [6.45, 7) is 2.84. The summed E-state index contributed by atoms with van der Waals surface area (Å²) in [6, 6.07) is 18.3. The highest BCUT2D eigenvalue weighted by Gasteiger charge is 2.20. The second-order valence-electron chi connectivity index (χ2n) is 8.62. The minimum atomic E-state index is -0.211. The van der Waals surface area contributed by atoms with Gasteiger partial charge in [-0.25, -0.2) is 0 Å².